The zero-order valence-electron chi connectivity index (χ0n) is 30.1. The Morgan fingerprint density at radius 1 is 0.976 bits per heavy atom. The summed E-state index contributed by atoms with van der Waals surface area (Å²) in [5, 5.41) is 4.38. The summed E-state index contributed by atoms with van der Waals surface area (Å²) in [4.78, 5) is 9.76. The largest absolute Gasteiger partial charge is 0.373 e. The number of piperidine rings is 1. The first kappa shape index (κ1) is 39.4. The minimum absolute atomic E-state index is 0.222. The second kappa shape index (κ2) is 21.2. The van der Waals surface area contributed by atoms with Crippen molar-refractivity contribution in [2.45, 2.75) is 127 Å². The Kier molecular flexibility index (Phi) is 19.9. The van der Waals surface area contributed by atoms with Gasteiger partial charge in [0.25, 0.3) is 0 Å². The molecule has 1 aliphatic rings. The molecule has 0 aliphatic carbocycles. The van der Waals surface area contributed by atoms with Crippen LogP contribution in [0.15, 0.2) is 59.1 Å². The molecule has 1 atom stereocenters. The van der Waals surface area contributed by atoms with Crippen molar-refractivity contribution in [3.05, 3.63) is 65.2 Å². The van der Waals surface area contributed by atoms with E-state index in [1.165, 1.54) is 54.6 Å². The monoisotopic (exact) mass is 582 g/mol. The Labute approximate surface area is 261 Å². The first-order valence-corrected chi connectivity index (χ1v) is 16.8. The van der Waals surface area contributed by atoms with Gasteiger partial charge in [0, 0.05) is 51.2 Å². The molecule has 5 nitrogen and oxygen atoms in total. The fraction of sp³-hybridized carbons (Fsp3) is 0.676. The molecule has 0 N–H and O–H groups in total. The van der Waals surface area contributed by atoms with E-state index >= 15 is 0 Å². The smallest absolute Gasteiger partial charge is 0.0771 e. The molecular formula is C37H67N5. The van der Waals surface area contributed by atoms with E-state index in [0.29, 0.717) is 5.41 Å². The number of aliphatic imine (C=N–C) groups is 1. The fourth-order valence-electron chi connectivity index (χ4n) is 5.22. The van der Waals surface area contributed by atoms with Crippen molar-refractivity contribution in [3.8, 4) is 0 Å². The number of allylic oxidation sites excluding steroid dienone is 2. The Balaban J connectivity index is 0.00000147. The van der Waals surface area contributed by atoms with Crippen LogP contribution in [0.4, 0.5) is 0 Å². The molecule has 0 bridgehead atoms. The molecule has 240 valence electrons. The third-order valence-electron chi connectivity index (χ3n) is 8.30. The second-order valence-corrected chi connectivity index (χ2v) is 11.7. The summed E-state index contributed by atoms with van der Waals surface area (Å²) < 4.78 is 1.88. The summed E-state index contributed by atoms with van der Waals surface area (Å²) in [5.74, 6) is 0.884. The molecule has 3 rings (SSSR count). The van der Waals surface area contributed by atoms with Gasteiger partial charge in [-0.2, -0.15) is 5.10 Å². The van der Waals surface area contributed by atoms with Gasteiger partial charge in [0.1, 0.15) is 0 Å². The molecule has 0 radical (unpaired) electrons. The normalized spacial score (nSPS) is 15.7. The number of likely N-dealkylation sites (tertiary alicyclic amines) is 1. The quantitative estimate of drug-likeness (QED) is 0.276. The van der Waals surface area contributed by atoms with Crippen LogP contribution < -0.4 is 0 Å². The minimum Gasteiger partial charge on any atom is -0.373 e. The van der Waals surface area contributed by atoms with E-state index in [1.54, 1.807) is 0 Å². The van der Waals surface area contributed by atoms with Gasteiger partial charge in [0.05, 0.1) is 23.6 Å². The summed E-state index contributed by atoms with van der Waals surface area (Å²) in [5.41, 5.74) is 6.69. The fourth-order valence-corrected chi connectivity index (χ4v) is 5.22. The van der Waals surface area contributed by atoms with Crippen LogP contribution in [-0.2, 0) is 12.5 Å². The second-order valence-electron chi connectivity index (χ2n) is 11.7. The van der Waals surface area contributed by atoms with E-state index in [1.807, 2.05) is 31.8 Å². The van der Waals surface area contributed by atoms with Crippen molar-refractivity contribution in [3.63, 3.8) is 0 Å². The number of aromatic nitrogens is 2. The maximum absolute atomic E-state index is 4.81. The van der Waals surface area contributed by atoms with Gasteiger partial charge in [-0.15, -0.1) is 0 Å². The summed E-state index contributed by atoms with van der Waals surface area (Å²) >= 11 is 0. The summed E-state index contributed by atoms with van der Waals surface area (Å²) in [6, 6.07) is 11.3. The van der Waals surface area contributed by atoms with E-state index in [4.69, 9.17) is 4.99 Å². The van der Waals surface area contributed by atoms with E-state index < -0.39 is 0 Å². The zero-order chi connectivity index (χ0) is 32.3. The van der Waals surface area contributed by atoms with E-state index in [2.05, 4.69) is 128 Å². The third kappa shape index (κ3) is 12.0. The lowest BCUT2D eigenvalue weighted by molar-refractivity contribution is 0.183. The average molecular weight is 582 g/mol. The van der Waals surface area contributed by atoms with Crippen molar-refractivity contribution in [1.82, 2.24) is 19.6 Å². The highest BCUT2D eigenvalue weighted by atomic mass is 15.3. The molecule has 0 saturated carbocycles. The highest BCUT2D eigenvalue weighted by Crippen LogP contribution is 2.40. The first-order valence-electron chi connectivity index (χ1n) is 16.8. The Morgan fingerprint density at radius 2 is 1.50 bits per heavy atom. The lowest BCUT2D eigenvalue weighted by Crippen LogP contribution is -2.43. The van der Waals surface area contributed by atoms with Crippen molar-refractivity contribution < 1.29 is 0 Å². The molecule has 1 aliphatic heterocycles. The molecule has 42 heavy (non-hydrogen) atoms. The summed E-state index contributed by atoms with van der Waals surface area (Å²) in [6.45, 7) is 29.0. The van der Waals surface area contributed by atoms with Crippen LogP contribution >= 0.6 is 0 Å². The minimum atomic E-state index is 0.222. The van der Waals surface area contributed by atoms with Crippen molar-refractivity contribution in [1.29, 1.82) is 0 Å². The first-order chi connectivity index (χ1) is 20.0. The van der Waals surface area contributed by atoms with Gasteiger partial charge in [-0.05, 0) is 63.9 Å². The molecule has 2 heterocycles. The maximum Gasteiger partial charge on any atom is 0.0771 e. The highest BCUT2D eigenvalue weighted by Gasteiger charge is 2.35. The Bertz CT molecular complexity index is 1010. The number of hydrogen-bond acceptors (Lipinski definition) is 4. The number of nitrogens with zero attached hydrogens (tertiary/aromatic N) is 5. The third-order valence-corrected chi connectivity index (χ3v) is 8.30. The van der Waals surface area contributed by atoms with Crippen LogP contribution in [0, 0.1) is 5.92 Å². The van der Waals surface area contributed by atoms with Gasteiger partial charge in [-0.1, -0.05) is 98.6 Å². The van der Waals surface area contributed by atoms with Gasteiger partial charge in [0.2, 0.25) is 0 Å². The van der Waals surface area contributed by atoms with Crippen molar-refractivity contribution in [2.75, 3.05) is 26.7 Å². The molecule has 1 aromatic heterocycles. The van der Waals surface area contributed by atoms with Crippen LogP contribution in [0.5, 0.6) is 0 Å². The molecule has 1 saturated heterocycles. The van der Waals surface area contributed by atoms with Gasteiger partial charge in [0.15, 0.2) is 0 Å². The SMILES string of the molecule is CC.CCC.CCC(C)C.CCN=C(C)/C(=C(\C)N1CCC(CC)(c2ccccc2)CC1)N(C)C(C)c1cnn(C)c1. The topological polar surface area (TPSA) is 36.7 Å². The molecule has 5 heteroatoms. The van der Waals surface area contributed by atoms with Crippen LogP contribution in [0.1, 0.15) is 132 Å². The van der Waals surface area contributed by atoms with E-state index in [-0.39, 0.29) is 6.04 Å². The molecule has 0 amide bonds. The molecule has 1 aromatic carbocycles. The molecule has 2 aromatic rings. The van der Waals surface area contributed by atoms with Crippen LogP contribution in [0.3, 0.4) is 0 Å². The molecule has 0 spiro atoms. The van der Waals surface area contributed by atoms with Crippen molar-refractivity contribution >= 4 is 5.71 Å². The van der Waals surface area contributed by atoms with Gasteiger partial charge < -0.3 is 9.80 Å². The maximum atomic E-state index is 4.81. The molecule has 1 fully saturated rings. The Morgan fingerprint density at radius 3 is 1.90 bits per heavy atom. The van der Waals surface area contributed by atoms with Crippen LogP contribution in [-0.4, -0.2) is 52.0 Å². The predicted octanol–water partition coefficient (Wildman–Crippen LogP) is 10.1. The number of hydrogen-bond donors (Lipinski definition) is 0. The van der Waals surface area contributed by atoms with Gasteiger partial charge >= 0.3 is 0 Å². The average Bonchev–Trinajstić information content (AvgIpc) is 3.45. The number of rotatable bonds is 9. The lowest BCUT2D eigenvalue weighted by atomic mass is 9.71. The highest BCUT2D eigenvalue weighted by molar-refractivity contribution is 5.98. The standard InChI is InChI=1S/C27H41N5.C5H12.C3H8.C2H6/c1-8-27(25-13-11-10-12-14-25)15-17-32(18-16-27)23(5)26(21(3)28-9-2)31(7)22(4)24-19-29-30(6)20-24;1-4-5(2)3;1-3-2;1-2/h10-14,19-20,22H,8-9,15-18H2,1-7H3;5H,4H2,1-3H3;3H2,1-2H3;1-2H3/b26-23-,28-21?;;;. The molecular weight excluding hydrogens is 514 g/mol. The number of benzene rings is 1. The van der Waals surface area contributed by atoms with Gasteiger partial charge in [-0.25, -0.2) is 0 Å². The van der Waals surface area contributed by atoms with E-state index in [0.717, 1.165) is 31.3 Å². The predicted molar refractivity (Wildman–Crippen MR) is 187 cm³/mol. The van der Waals surface area contributed by atoms with Crippen LogP contribution in [0.25, 0.3) is 0 Å². The van der Waals surface area contributed by atoms with E-state index in [9.17, 15) is 0 Å². The zero-order valence-corrected chi connectivity index (χ0v) is 30.1. The lowest BCUT2D eigenvalue weighted by Gasteiger charge is -2.44. The van der Waals surface area contributed by atoms with Gasteiger partial charge in [-0.3, -0.25) is 9.67 Å². The molecule has 1 unspecified atom stereocenters. The Hall–Kier alpha value is -2.56. The summed E-state index contributed by atoms with van der Waals surface area (Å²) in [6.07, 6.45) is 10.2. The van der Waals surface area contributed by atoms with Crippen LogP contribution in [0.2, 0.25) is 0 Å². The van der Waals surface area contributed by atoms with Crippen molar-refractivity contribution in [2.24, 2.45) is 18.0 Å². The summed E-state index contributed by atoms with van der Waals surface area (Å²) in [7, 11) is 4.16. The number of aryl methyl sites for hydroxylation is 1.